The zero-order chi connectivity index (χ0) is 18.9. The minimum atomic E-state index is -3.49. The summed E-state index contributed by atoms with van der Waals surface area (Å²) in [5.41, 5.74) is 1.16. The summed E-state index contributed by atoms with van der Waals surface area (Å²) in [7, 11) is -0.432. The van der Waals surface area contributed by atoms with Crippen LogP contribution in [0.5, 0.6) is 11.5 Å². The van der Waals surface area contributed by atoms with Gasteiger partial charge < -0.3 is 9.47 Å². The van der Waals surface area contributed by atoms with Crippen molar-refractivity contribution >= 4 is 9.84 Å². The second-order valence-corrected chi connectivity index (χ2v) is 8.86. The lowest BCUT2D eigenvalue weighted by Gasteiger charge is -2.32. The fraction of sp³-hybridized carbons (Fsp3) is 0.400. The molecule has 1 aliphatic rings. The Morgan fingerprint density at radius 2 is 1.73 bits per heavy atom. The molecule has 0 bridgehead atoms. The van der Waals surface area contributed by atoms with Crippen molar-refractivity contribution in [2.75, 3.05) is 20.0 Å². The minimum absolute atomic E-state index is 0.0301. The molecule has 1 heterocycles. The van der Waals surface area contributed by atoms with Crippen molar-refractivity contribution < 1.29 is 17.9 Å². The summed E-state index contributed by atoms with van der Waals surface area (Å²) in [4.78, 5) is 0.300. The maximum Gasteiger partial charge on any atom is 0.180 e. The highest BCUT2D eigenvalue weighted by atomic mass is 32.2. The first kappa shape index (κ1) is 18.7. The topological polar surface area (TPSA) is 64.6 Å². The second kappa shape index (κ2) is 6.93. The van der Waals surface area contributed by atoms with Crippen LogP contribution in [0.4, 0.5) is 0 Å². The summed E-state index contributed by atoms with van der Waals surface area (Å²) in [6.45, 7) is 3.96. The largest absolute Gasteiger partial charge is 0.493 e. The Bertz CT molecular complexity index is 896. The number of benzene rings is 2. The van der Waals surface area contributed by atoms with Gasteiger partial charge in [-0.05, 0) is 30.5 Å². The Morgan fingerprint density at radius 3 is 2.31 bits per heavy atom. The molecule has 2 atom stereocenters. The molecule has 2 aromatic carbocycles. The number of nitrogens with one attached hydrogen (secondary N) is 1. The van der Waals surface area contributed by atoms with Gasteiger partial charge in [0.2, 0.25) is 0 Å². The molecule has 0 fully saturated rings. The van der Waals surface area contributed by atoms with E-state index in [1.54, 1.807) is 19.2 Å². The summed E-state index contributed by atoms with van der Waals surface area (Å²) in [5, 5.41) is 3.58. The summed E-state index contributed by atoms with van der Waals surface area (Å²) < 4.78 is 37.1. The van der Waals surface area contributed by atoms with Crippen LogP contribution in [0.2, 0.25) is 0 Å². The van der Waals surface area contributed by atoms with Crippen molar-refractivity contribution in [1.29, 1.82) is 0 Å². The summed E-state index contributed by atoms with van der Waals surface area (Å²) >= 11 is 0. The number of fused-ring (bicyclic) bond motifs is 1. The smallest absolute Gasteiger partial charge is 0.180 e. The Balaban J connectivity index is 2.31. The van der Waals surface area contributed by atoms with Crippen molar-refractivity contribution in [3.05, 3.63) is 53.6 Å². The first-order valence-electron chi connectivity index (χ1n) is 8.65. The molecule has 0 spiro atoms. The Morgan fingerprint density at radius 1 is 1.12 bits per heavy atom. The van der Waals surface area contributed by atoms with E-state index in [0.717, 1.165) is 5.56 Å². The normalized spacial score (nSPS) is 24.4. The van der Waals surface area contributed by atoms with E-state index >= 15 is 0 Å². The Labute approximate surface area is 155 Å². The highest BCUT2D eigenvalue weighted by molar-refractivity contribution is 7.91. The minimum Gasteiger partial charge on any atom is -0.493 e. The molecule has 0 unspecified atom stereocenters. The predicted octanol–water partition coefficient (Wildman–Crippen LogP) is 3.34. The number of hydrogen-bond acceptors (Lipinski definition) is 5. The molecule has 5 nitrogen and oxygen atoms in total. The van der Waals surface area contributed by atoms with Crippen molar-refractivity contribution in [3.8, 4) is 11.5 Å². The van der Waals surface area contributed by atoms with Crippen LogP contribution in [0.15, 0.2) is 47.4 Å². The lowest BCUT2D eigenvalue weighted by atomic mass is 9.93. The van der Waals surface area contributed by atoms with E-state index in [-0.39, 0.29) is 11.8 Å². The van der Waals surface area contributed by atoms with Gasteiger partial charge in [0, 0.05) is 11.6 Å². The van der Waals surface area contributed by atoms with Crippen LogP contribution in [-0.2, 0) is 9.84 Å². The van der Waals surface area contributed by atoms with E-state index in [1.807, 2.05) is 44.2 Å². The molecule has 6 heteroatoms. The van der Waals surface area contributed by atoms with Crippen LogP contribution in [0.1, 0.15) is 37.4 Å². The molecule has 1 aliphatic heterocycles. The van der Waals surface area contributed by atoms with Gasteiger partial charge in [-0.2, -0.15) is 0 Å². The Hall–Kier alpha value is -2.05. The van der Waals surface area contributed by atoms with Crippen molar-refractivity contribution in [2.45, 2.75) is 36.7 Å². The number of sulfone groups is 1. The zero-order valence-corrected chi connectivity index (χ0v) is 16.4. The average molecular weight is 375 g/mol. The lowest BCUT2D eigenvalue weighted by Crippen LogP contribution is -2.47. The van der Waals surface area contributed by atoms with E-state index in [9.17, 15) is 8.42 Å². The monoisotopic (exact) mass is 375 g/mol. The van der Waals surface area contributed by atoms with E-state index in [4.69, 9.17) is 9.47 Å². The SMILES string of the molecule is CC[C@@]1(C)CS(=O)(=O)c2cc(OC)c(OC)cc2[C@@H](c2ccccc2)N1. The first-order chi connectivity index (χ1) is 12.3. The molecule has 2 aromatic rings. The van der Waals surface area contributed by atoms with Crippen molar-refractivity contribution in [2.24, 2.45) is 0 Å². The Kier molecular flexibility index (Phi) is 4.99. The van der Waals surface area contributed by atoms with Crippen molar-refractivity contribution in [3.63, 3.8) is 0 Å². The quantitative estimate of drug-likeness (QED) is 0.888. The predicted molar refractivity (Wildman–Crippen MR) is 102 cm³/mol. The molecular weight excluding hydrogens is 350 g/mol. The molecule has 0 radical (unpaired) electrons. The molecule has 26 heavy (non-hydrogen) atoms. The third-order valence-electron chi connectivity index (χ3n) is 5.08. The van der Waals surface area contributed by atoms with Gasteiger partial charge in [-0.3, -0.25) is 5.32 Å². The van der Waals surface area contributed by atoms with Gasteiger partial charge in [0.25, 0.3) is 0 Å². The van der Waals surface area contributed by atoms with Gasteiger partial charge in [0.15, 0.2) is 21.3 Å². The number of methoxy groups -OCH3 is 2. The zero-order valence-electron chi connectivity index (χ0n) is 15.6. The van der Waals surface area contributed by atoms with Crippen LogP contribution >= 0.6 is 0 Å². The highest BCUT2D eigenvalue weighted by Gasteiger charge is 2.40. The van der Waals surface area contributed by atoms with Crippen LogP contribution < -0.4 is 14.8 Å². The third-order valence-corrected chi connectivity index (χ3v) is 7.12. The molecule has 140 valence electrons. The van der Waals surface area contributed by atoms with E-state index < -0.39 is 15.4 Å². The molecule has 0 amide bonds. The maximum absolute atomic E-state index is 13.2. The van der Waals surface area contributed by atoms with Crippen molar-refractivity contribution in [1.82, 2.24) is 5.32 Å². The number of rotatable bonds is 4. The molecule has 1 N–H and O–H groups in total. The van der Waals surface area contributed by atoms with Crippen LogP contribution in [0, 0.1) is 0 Å². The maximum atomic E-state index is 13.2. The van der Waals surface area contributed by atoms with Crippen LogP contribution in [0.25, 0.3) is 0 Å². The van der Waals surface area contributed by atoms with E-state index in [2.05, 4.69) is 5.32 Å². The van der Waals surface area contributed by atoms with Gasteiger partial charge in [-0.15, -0.1) is 0 Å². The highest BCUT2D eigenvalue weighted by Crippen LogP contribution is 2.41. The van der Waals surface area contributed by atoms with E-state index in [0.29, 0.717) is 28.4 Å². The molecule has 0 saturated heterocycles. The van der Waals surface area contributed by atoms with Gasteiger partial charge in [-0.1, -0.05) is 37.3 Å². The molecule has 3 rings (SSSR count). The van der Waals surface area contributed by atoms with E-state index in [1.165, 1.54) is 7.11 Å². The first-order valence-corrected chi connectivity index (χ1v) is 10.3. The molecular formula is C20H25NO4S. The van der Waals surface area contributed by atoms with Gasteiger partial charge in [0.1, 0.15) is 0 Å². The second-order valence-electron chi connectivity index (χ2n) is 6.91. The number of ether oxygens (including phenoxy) is 2. The summed E-state index contributed by atoms with van der Waals surface area (Å²) in [5.74, 6) is 0.966. The average Bonchev–Trinajstić information content (AvgIpc) is 2.73. The summed E-state index contributed by atoms with van der Waals surface area (Å²) in [6.07, 6.45) is 0.692. The summed E-state index contributed by atoms with van der Waals surface area (Å²) in [6, 6.07) is 13.0. The number of hydrogen-bond donors (Lipinski definition) is 1. The van der Waals surface area contributed by atoms with Gasteiger partial charge >= 0.3 is 0 Å². The van der Waals surface area contributed by atoms with Gasteiger partial charge in [-0.25, -0.2) is 8.42 Å². The standard InChI is InChI=1S/C20H25NO4S/c1-5-20(2)13-26(22,23)18-12-17(25-4)16(24-3)11-15(18)19(21-20)14-9-7-6-8-10-14/h6-12,19,21H,5,13H2,1-4H3/t19-,20+/m1/s1. The molecule has 0 saturated carbocycles. The van der Waals surface area contributed by atoms with Crippen LogP contribution in [0.3, 0.4) is 0 Å². The van der Waals surface area contributed by atoms with Gasteiger partial charge in [0.05, 0.1) is 30.9 Å². The van der Waals surface area contributed by atoms with Crippen LogP contribution in [-0.4, -0.2) is 33.9 Å². The fourth-order valence-electron chi connectivity index (χ4n) is 3.45. The fourth-order valence-corrected chi connectivity index (χ4v) is 5.55. The lowest BCUT2D eigenvalue weighted by molar-refractivity contribution is 0.345. The molecule has 0 aromatic heterocycles. The molecule has 0 aliphatic carbocycles. The third kappa shape index (κ3) is 3.31.